The summed E-state index contributed by atoms with van der Waals surface area (Å²) in [6.07, 6.45) is 0.595. The number of rotatable bonds is 10. The van der Waals surface area contributed by atoms with Crippen molar-refractivity contribution in [1.29, 1.82) is 0 Å². The molecule has 0 unspecified atom stereocenters. The number of anilines is 1. The van der Waals surface area contributed by atoms with Crippen LogP contribution in [0.15, 0.2) is 53.4 Å². The maximum atomic E-state index is 12.3. The number of hydrogen-bond acceptors (Lipinski definition) is 5. The number of ether oxygens (including phenoxy) is 2. The summed E-state index contributed by atoms with van der Waals surface area (Å²) in [5.41, 5.74) is 7.34. The Hall–Kier alpha value is -1.80. The average molecular weight is 401 g/mol. The molecule has 2 aromatic rings. The first-order chi connectivity index (χ1) is 12.0. The Morgan fingerprint density at radius 3 is 2.27 bits per heavy atom. The third kappa shape index (κ3) is 7.21. The molecule has 0 aliphatic rings. The minimum Gasteiger partial charge on any atom is -0.491 e. The molecule has 0 saturated carbocycles. The van der Waals surface area contributed by atoms with Gasteiger partial charge in [-0.15, -0.1) is 12.4 Å². The van der Waals surface area contributed by atoms with Crippen LogP contribution >= 0.6 is 12.4 Å². The first-order valence-corrected chi connectivity index (χ1v) is 9.64. The molecule has 6 nitrogen and oxygen atoms in total. The lowest BCUT2D eigenvalue weighted by atomic mass is 10.1. The highest BCUT2D eigenvalue weighted by atomic mass is 35.5. The van der Waals surface area contributed by atoms with Crippen LogP contribution in [0, 0.1) is 0 Å². The fraction of sp³-hybridized carbons (Fsp3) is 0.333. The summed E-state index contributed by atoms with van der Waals surface area (Å²) in [5.74, 6) is 0.612. The monoisotopic (exact) mass is 400 g/mol. The van der Waals surface area contributed by atoms with Crippen molar-refractivity contribution in [2.45, 2.75) is 18.2 Å². The van der Waals surface area contributed by atoms with Crippen molar-refractivity contribution in [3.05, 3.63) is 54.1 Å². The summed E-state index contributed by atoms with van der Waals surface area (Å²) in [7, 11) is -3.54. The number of nitrogen functional groups attached to an aromatic ring is 1. The number of nitrogens with one attached hydrogen (secondary N) is 1. The SMILES string of the molecule is CCOCCOc1ccc(S(=O)(=O)NCCc2ccc(N)cc2)cc1.Cl. The fourth-order valence-corrected chi connectivity index (χ4v) is 3.21. The summed E-state index contributed by atoms with van der Waals surface area (Å²) < 4.78 is 37.8. The highest BCUT2D eigenvalue weighted by molar-refractivity contribution is 7.89. The zero-order valence-electron chi connectivity index (χ0n) is 14.7. The van der Waals surface area contributed by atoms with Gasteiger partial charge in [0.05, 0.1) is 11.5 Å². The van der Waals surface area contributed by atoms with Crippen LogP contribution in [-0.4, -0.2) is 34.8 Å². The van der Waals surface area contributed by atoms with Crippen LogP contribution in [-0.2, 0) is 21.2 Å². The van der Waals surface area contributed by atoms with E-state index in [0.29, 0.717) is 44.2 Å². The van der Waals surface area contributed by atoms with Crippen LogP contribution in [0.2, 0.25) is 0 Å². The van der Waals surface area contributed by atoms with Gasteiger partial charge in [0, 0.05) is 18.8 Å². The normalized spacial score (nSPS) is 11.0. The van der Waals surface area contributed by atoms with Crippen molar-refractivity contribution in [2.24, 2.45) is 0 Å². The number of halogens is 1. The molecule has 0 amide bonds. The van der Waals surface area contributed by atoms with Gasteiger partial charge in [-0.1, -0.05) is 12.1 Å². The molecule has 0 aromatic heterocycles. The molecular formula is C18H25ClN2O4S. The van der Waals surface area contributed by atoms with E-state index in [0.717, 1.165) is 5.56 Å². The van der Waals surface area contributed by atoms with E-state index < -0.39 is 10.0 Å². The van der Waals surface area contributed by atoms with Crippen molar-refractivity contribution < 1.29 is 17.9 Å². The second kappa shape index (κ2) is 11.0. The molecule has 0 fully saturated rings. The molecule has 2 aromatic carbocycles. The van der Waals surface area contributed by atoms with E-state index in [1.807, 2.05) is 19.1 Å². The minimum absolute atomic E-state index is 0. The molecule has 0 atom stereocenters. The van der Waals surface area contributed by atoms with Gasteiger partial charge in [0.25, 0.3) is 0 Å². The maximum Gasteiger partial charge on any atom is 0.240 e. The number of hydrogen-bond donors (Lipinski definition) is 2. The van der Waals surface area contributed by atoms with Crippen LogP contribution in [0.4, 0.5) is 5.69 Å². The van der Waals surface area contributed by atoms with Gasteiger partial charge in [0.2, 0.25) is 10.0 Å². The van der Waals surface area contributed by atoms with Crippen LogP contribution in [0.3, 0.4) is 0 Å². The minimum atomic E-state index is -3.54. The Balaban J connectivity index is 0.00000338. The van der Waals surface area contributed by atoms with Crippen LogP contribution in [0.5, 0.6) is 5.75 Å². The van der Waals surface area contributed by atoms with Gasteiger partial charge in [-0.3, -0.25) is 0 Å². The average Bonchev–Trinajstić information content (AvgIpc) is 2.61. The molecule has 0 spiro atoms. The molecule has 0 aliphatic heterocycles. The van der Waals surface area contributed by atoms with Gasteiger partial charge in [0.1, 0.15) is 12.4 Å². The lowest BCUT2D eigenvalue weighted by Crippen LogP contribution is -2.26. The van der Waals surface area contributed by atoms with E-state index in [4.69, 9.17) is 15.2 Å². The zero-order chi connectivity index (χ0) is 18.1. The van der Waals surface area contributed by atoms with E-state index in [2.05, 4.69) is 4.72 Å². The predicted octanol–water partition coefficient (Wildman–Crippen LogP) is 2.63. The predicted molar refractivity (Wildman–Crippen MR) is 105 cm³/mol. The summed E-state index contributed by atoms with van der Waals surface area (Å²) in [5, 5.41) is 0. The number of sulfonamides is 1. The Labute approximate surface area is 161 Å². The third-order valence-electron chi connectivity index (χ3n) is 3.52. The molecule has 0 radical (unpaired) electrons. The van der Waals surface area contributed by atoms with Crippen LogP contribution < -0.4 is 15.2 Å². The third-order valence-corrected chi connectivity index (χ3v) is 5.00. The fourth-order valence-electron chi connectivity index (χ4n) is 2.18. The van der Waals surface area contributed by atoms with E-state index >= 15 is 0 Å². The van der Waals surface area contributed by atoms with Crippen molar-refractivity contribution in [2.75, 3.05) is 32.1 Å². The maximum absolute atomic E-state index is 12.3. The highest BCUT2D eigenvalue weighted by Crippen LogP contribution is 2.16. The quantitative estimate of drug-likeness (QED) is 0.472. The van der Waals surface area contributed by atoms with Gasteiger partial charge >= 0.3 is 0 Å². The summed E-state index contributed by atoms with van der Waals surface area (Å²) >= 11 is 0. The molecule has 3 N–H and O–H groups in total. The molecule has 0 bridgehead atoms. The second-order valence-corrected chi connectivity index (χ2v) is 7.17. The van der Waals surface area contributed by atoms with Gasteiger partial charge < -0.3 is 15.2 Å². The molecule has 144 valence electrons. The summed E-state index contributed by atoms with van der Waals surface area (Å²) in [6.45, 7) is 3.81. The topological polar surface area (TPSA) is 90.6 Å². The van der Waals surface area contributed by atoms with Crippen LogP contribution in [0.25, 0.3) is 0 Å². The Morgan fingerprint density at radius 2 is 1.65 bits per heavy atom. The molecular weight excluding hydrogens is 376 g/mol. The highest BCUT2D eigenvalue weighted by Gasteiger charge is 2.13. The van der Waals surface area contributed by atoms with E-state index in [1.165, 1.54) is 12.1 Å². The second-order valence-electron chi connectivity index (χ2n) is 5.41. The molecule has 0 saturated heterocycles. The smallest absolute Gasteiger partial charge is 0.240 e. The summed E-state index contributed by atoms with van der Waals surface area (Å²) in [4.78, 5) is 0.210. The van der Waals surface area contributed by atoms with Gasteiger partial charge in [0.15, 0.2) is 0 Å². The van der Waals surface area contributed by atoms with Crippen molar-refractivity contribution in [3.8, 4) is 5.75 Å². The van der Waals surface area contributed by atoms with Crippen LogP contribution in [0.1, 0.15) is 12.5 Å². The van der Waals surface area contributed by atoms with Crippen molar-refractivity contribution in [3.63, 3.8) is 0 Å². The van der Waals surface area contributed by atoms with Crippen molar-refractivity contribution in [1.82, 2.24) is 4.72 Å². The lowest BCUT2D eigenvalue weighted by molar-refractivity contribution is 0.110. The van der Waals surface area contributed by atoms with Gasteiger partial charge in [-0.2, -0.15) is 0 Å². The molecule has 2 rings (SSSR count). The number of benzene rings is 2. The van der Waals surface area contributed by atoms with Crippen molar-refractivity contribution >= 4 is 28.1 Å². The number of nitrogens with two attached hydrogens (primary N) is 1. The Morgan fingerprint density at radius 1 is 1.00 bits per heavy atom. The standard InChI is InChI=1S/C18H24N2O4S.ClH/c1-2-23-13-14-24-17-7-9-18(10-8-17)25(21,22)20-12-11-15-3-5-16(19)6-4-15;/h3-10,20H,2,11-14,19H2,1H3;1H. The van der Waals surface area contributed by atoms with E-state index in [-0.39, 0.29) is 17.3 Å². The van der Waals surface area contributed by atoms with Gasteiger partial charge in [-0.05, 0) is 55.3 Å². The largest absolute Gasteiger partial charge is 0.491 e. The molecule has 26 heavy (non-hydrogen) atoms. The van der Waals surface area contributed by atoms with Gasteiger partial charge in [-0.25, -0.2) is 13.1 Å². The molecule has 8 heteroatoms. The Kier molecular flexibility index (Phi) is 9.43. The molecule has 0 heterocycles. The molecule has 0 aliphatic carbocycles. The first kappa shape index (κ1) is 22.2. The van der Waals surface area contributed by atoms with E-state index in [1.54, 1.807) is 24.3 Å². The zero-order valence-corrected chi connectivity index (χ0v) is 16.3. The first-order valence-electron chi connectivity index (χ1n) is 8.16. The summed E-state index contributed by atoms with van der Waals surface area (Å²) in [6, 6.07) is 13.7. The Bertz CT molecular complexity index is 750. The van der Waals surface area contributed by atoms with E-state index in [9.17, 15) is 8.42 Å². The lowest BCUT2D eigenvalue weighted by Gasteiger charge is -2.09.